The highest BCUT2D eigenvalue weighted by atomic mass is 35.5. The number of halogens is 1. The predicted octanol–water partition coefficient (Wildman–Crippen LogP) is 4.90. The van der Waals surface area contributed by atoms with Crippen molar-refractivity contribution in [2.45, 2.75) is 44.6 Å². The number of hydrogen-bond donors (Lipinski definition) is 1. The standard InChI is InChI=1S/C20H22ClN5/c1-15-10-11-16(21)14-18(15)26-19(23-24-25-26)20(12-6-3-7-13-20)22-17-8-4-2-5-9-17/h2,4-5,8-11,14,22H,3,6-7,12-13H2,1H3. The molecule has 4 rings (SSSR count). The van der Waals surface area contributed by atoms with Gasteiger partial charge < -0.3 is 5.32 Å². The van der Waals surface area contributed by atoms with Crippen LogP contribution in [-0.4, -0.2) is 20.2 Å². The third kappa shape index (κ3) is 3.19. The zero-order valence-corrected chi connectivity index (χ0v) is 15.6. The van der Waals surface area contributed by atoms with E-state index in [0.717, 1.165) is 48.4 Å². The maximum Gasteiger partial charge on any atom is 0.181 e. The lowest BCUT2D eigenvalue weighted by Crippen LogP contribution is -2.40. The van der Waals surface area contributed by atoms with E-state index in [9.17, 15) is 0 Å². The SMILES string of the molecule is Cc1ccc(Cl)cc1-n1nnnc1C1(Nc2ccccc2)CCCCC1. The van der Waals surface area contributed by atoms with Crippen molar-refractivity contribution in [1.82, 2.24) is 20.2 Å². The molecule has 0 aliphatic heterocycles. The molecule has 2 aromatic carbocycles. The molecule has 134 valence electrons. The topological polar surface area (TPSA) is 55.6 Å². The van der Waals surface area contributed by atoms with Gasteiger partial charge in [0.05, 0.1) is 11.2 Å². The molecule has 1 fully saturated rings. The van der Waals surface area contributed by atoms with Crippen LogP contribution in [0.25, 0.3) is 5.69 Å². The van der Waals surface area contributed by atoms with Crippen LogP contribution in [0.2, 0.25) is 5.02 Å². The Bertz CT molecular complexity index is 884. The number of tetrazole rings is 1. The summed E-state index contributed by atoms with van der Waals surface area (Å²) >= 11 is 6.24. The first-order valence-corrected chi connectivity index (χ1v) is 9.44. The van der Waals surface area contributed by atoms with Crippen molar-refractivity contribution in [2.75, 3.05) is 5.32 Å². The maximum atomic E-state index is 6.24. The van der Waals surface area contributed by atoms with Gasteiger partial charge in [0.2, 0.25) is 0 Å². The molecular weight excluding hydrogens is 346 g/mol. The Morgan fingerprint density at radius 3 is 2.58 bits per heavy atom. The zero-order chi connectivity index (χ0) is 18.0. The number of aryl methyl sites for hydroxylation is 1. The molecule has 0 spiro atoms. The van der Waals surface area contributed by atoms with Crippen molar-refractivity contribution in [3.8, 4) is 5.69 Å². The smallest absolute Gasteiger partial charge is 0.181 e. The van der Waals surface area contributed by atoms with Crippen LogP contribution in [0.3, 0.4) is 0 Å². The van der Waals surface area contributed by atoms with Gasteiger partial charge in [-0.25, -0.2) is 0 Å². The molecule has 1 aromatic heterocycles. The third-order valence-electron chi connectivity index (χ3n) is 5.16. The number of benzene rings is 2. The second-order valence-corrected chi connectivity index (χ2v) is 7.42. The predicted molar refractivity (Wildman–Crippen MR) is 104 cm³/mol. The van der Waals surface area contributed by atoms with E-state index in [4.69, 9.17) is 11.6 Å². The molecule has 1 heterocycles. The molecule has 0 radical (unpaired) electrons. The van der Waals surface area contributed by atoms with Gasteiger partial charge in [0.25, 0.3) is 0 Å². The summed E-state index contributed by atoms with van der Waals surface area (Å²) in [5, 5.41) is 17.2. The Hall–Kier alpha value is -2.40. The molecule has 0 saturated heterocycles. The first-order chi connectivity index (χ1) is 12.7. The van der Waals surface area contributed by atoms with Crippen molar-refractivity contribution in [3.05, 3.63) is 64.9 Å². The van der Waals surface area contributed by atoms with Gasteiger partial charge in [-0.3, -0.25) is 0 Å². The first kappa shape index (κ1) is 17.0. The fraction of sp³-hybridized carbons (Fsp3) is 0.350. The van der Waals surface area contributed by atoms with E-state index in [1.807, 2.05) is 41.1 Å². The molecule has 0 atom stereocenters. The Balaban J connectivity index is 1.80. The van der Waals surface area contributed by atoms with E-state index in [-0.39, 0.29) is 5.54 Å². The molecule has 0 unspecified atom stereocenters. The number of anilines is 1. The van der Waals surface area contributed by atoms with Gasteiger partial charge in [-0.05, 0) is 60.0 Å². The van der Waals surface area contributed by atoms with E-state index in [1.54, 1.807) is 0 Å². The summed E-state index contributed by atoms with van der Waals surface area (Å²) in [4.78, 5) is 0. The molecule has 26 heavy (non-hydrogen) atoms. The number of nitrogens with one attached hydrogen (secondary N) is 1. The normalized spacial score (nSPS) is 16.4. The van der Waals surface area contributed by atoms with Crippen molar-refractivity contribution in [2.24, 2.45) is 0 Å². The Morgan fingerprint density at radius 2 is 1.81 bits per heavy atom. The van der Waals surface area contributed by atoms with Gasteiger partial charge in [0.1, 0.15) is 0 Å². The summed E-state index contributed by atoms with van der Waals surface area (Å²) in [6, 6.07) is 16.1. The second kappa shape index (κ2) is 7.08. The van der Waals surface area contributed by atoms with Crippen LogP contribution in [0.15, 0.2) is 48.5 Å². The summed E-state index contributed by atoms with van der Waals surface area (Å²) in [7, 11) is 0. The minimum atomic E-state index is -0.280. The monoisotopic (exact) mass is 367 g/mol. The second-order valence-electron chi connectivity index (χ2n) is 6.98. The average Bonchev–Trinajstić information content (AvgIpc) is 3.16. The van der Waals surface area contributed by atoms with Gasteiger partial charge >= 0.3 is 0 Å². The van der Waals surface area contributed by atoms with Gasteiger partial charge in [-0.2, -0.15) is 4.68 Å². The van der Waals surface area contributed by atoms with Crippen molar-refractivity contribution >= 4 is 17.3 Å². The lowest BCUT2D eigenvalue weighted by Gasteiger charge is -2.37. The van der Waals surface area contributed by atoms with E-state index in [1.165, 1.54) is 6.42 Å². The minimum absolute atomic E-state index is 0.280. The van der Waals surface area contributed by atoms with Gasteiger partial charge in [-0.1, -0.05) is 55.1 Å². The molecule has 1 aliphatic carbocycles. The lowest BCUT2D eigenvalue weighted by molar-refractivity contribution is 0.309. The van der Waals surface area contributed by atoms with Gasteiger partial charge in [-0.15, -0.1) is 5.10 Å². The first-order valence-electron chi connectivity index (χ1n) is 9.07. The largest absolute Gasteiger partial charge is 0.373 e. The van der Waals surface area contributed by atoms with Crippen LogP contribution >= 0.6 is 11.6 Å². The van der Waals surface area contributed by atoms with Crippen LogP contribution in [0.5, 0.6) is 0 Å². The summed E-state index contributed by atoms with van der Waals surface area (Å²) in [6.07, 6.45) is 5.56. The Labute approximate surface area is 158 Å². The van der Waals surface area contributed by atoms with Crippen molar-refractivity contribution in [1.29, 1.82) is 0 Å². The van der Waals surface area contributed by atoms with E-state index >= 15 is 0 Å². The fourth-order valence-corrected chi connectivity index (χ4v) is 3.98. The summed E-state index contributed by atoms with van der Waals surface area (Å²) in [6.45, 7) is 2.05. The van der Waals surface area contributed by atoms with Crippen LogP contribution in [-0.2, 0) is 5.54 Å². The summed E-state index contributed by atoms with van der Waals surface area (Å²) in [5.74, 6) is 0.853. The summed E-state index contributed by atoms with van der Waals surface area (Å²) < 4.78 is 1.85. The number of aromatic nitrogens is 4. The molecular formula is C20H22ClN5. The molecule has 1 N–H and O–H groups in total. The molecule has 6 heteroatoms. The van der Waals surface area contributed by atoms with Gasteiger partial charge in [0, 0.05) is 10.7 Å². The molecule has 0 bridgehead atoms. The summed E-state index contributed by atoms with van der Waals surface area (Å²) in [5.41, 5.74) is 2.83. The van der Waals surface area contributed by atoms with Crippen LogP contribution < -0.4 is 5.32 Å². The molecule has 0 amide bonds. The average molecular weight is 368 g/mol. The molecule has 5 nitrogen and oxygen atoms in total. The van der Waals surface area contributed by atoms with Crippen molar-refractivity contribution in [3.63, 3.8) is 0 Å². The van der Waals surface area contributed by atoms with Gasteiger partial charge in [0.15, 0.2) is 5.82 Å². The van der Waals surface area contributed by atoms with E-state index < -0.39 is 0 Å². The highest BCUT2D eigenvalue weighted by Gasteiger charge is 2.39. The highest BCUT2D eigenvalue weighted by molar-refractivity contribution is 6.30. The molecule has 3 aromatic rings. The van der Waals surface area contributed by atoms with E-state index in [2.05, 4.69) is 39.9 Å². The zero-order valence-electron chi connectivity index (χ0n) is 14.8. The molecule has 1 aliphatic rings. The number of nitrogens with zero attached hydrogens (tertiary/aromatic N) is 4. The van der Waals surface area contributed by atoms with Crippen LogP contribution in [0.1, 0.15) is 43.5 Å². The van der Waals surface area contributed by atoms with Crippen LogP contribution in [0, 0.1) is 6.92 Å². The number of rotatable bonds is 4. The highest BCUT2D eigenvalue weighted by Crippen LogP contribution is 2.39. The van der Waals surface area contributed by atoms with E-state index in [0.29, 0.717) is 5.02 Å². The number of para-hydroxylation sites is 1. The Morgan fingerprint density at radius 1 is 1.04 bits per heavy atom. The third-order valence-corrected chi connectivity index (χ3v) is 5.40. The lowest BCUT2D eigenvalue weighted by atomic mass is 9.80. The van der Waals surface area contributed by atoms with Crippen LogP contribution in [0.4, 0.5) is 5.69 Å². The maximum absolute atomic E-state index is 6.24. The quantitative estimate of drug-likeness (QED) is 0.712. The number of hydrogen-bond acceptors (Lipinski definition) is 4. The fourth-order valence-electron chi connectivity index (χ4n) is 3.82. The Kier molecular flexibility index (Phi) is 4.64. The minimum Gasteiger partial charge on any atom is -0.373 e. The van der Waals surface area contributed by atoms with Crippen molar-refractivity contribution < 1.29 is 0 Å². The molecule has 1 saturated carbocycles.